The maximum absolute atomic E-state index is 13.1. The van der Waals surface area contributed by atoms with Crippen molar-refractivity contribution in [2.24, 2.45) is 28.6 Å². The standard InChI is InChI=1S/C25H36O5/c1-15(26)29-17-7-10-23(2)16(13-17)5-6-18-19(23)8-11-24(3)20(18)14-22-25(24,30-22)21(27)9-12-28-4/h5,17-20,22H,6-14H2,1-4H3/t17?,18?,19?,20?,22-,23+,24+,25-/m1/s1. The number of epoxide rings is 1. The summed E-state index contributed by atoms with van der Waals surface area (Å²) in [5, 5.41) is 0. The Balaban J connectivity index is 1.38. The quantitative estimate of drug-likeness (QED) is 0.381. The first-order chi connectivity index (χ1) is 14.3. The van der Waals surface area contributed by atoms with Gasteiger partial charge in [-0.1, -0.05) is 25.5 Å². The van der Waals surface area contributed by atoms with Gasteiger partial charge < -0.3 is 14.2 Å². The number of ether oxygens (including phenoxy) is 3. The molecular formula is C25H36O5. The number of rotatable bonds is 5. The van der Waals surface area contributed by atoms with Crippen LogP contribution in [0.2, 0.25) is 0 Å². The molecule has 0 spiro atoms. The molecule has 0 aromatic heterocycles. The smallest absolute Gasteiger partial charge is 0.302 e. The second kappa shape index (κ2) is 6.90. The van der Waals surface area contributed by atoms with Crippen LogP contribution in [0.4, 0.5) is 0 Å². The number of allylic oxidation sites excluding steroid dienone is 1. The molecule has 5 nitrogen and oxygen atoms in total. The molecule has 30 heavy (non-hydrogen) atoms. The van der Waals surface area contributed by atoms with Gasteiger partial charge >= 0.3 is 5.97 Å². The Kier molecular flexibility index (Phi) is 4.76. The lowest BCUT2D eigenvalue weighted by Crippen LogP contribution is -2.54. The van der Waals surface area contributed by atoms with Crippen LogP contribution in [0, 0.1) is 28.6 Å². The zero-order chi connectivity index (χ0) is 21.3. The fourth-order valence-electron chi connectivity index (χ4n) is 8.26. The van der Waals surface area contributed by atoms with Crippen LogP contribution in [0.25, 0.3) is 0 Å². The van der Waals surface area contributed by atoms with Crippen molar-refractivity contribution < 1.29 is 23.8 Å². The zero-order valence-electron chi connectivity index (χ0n) is 18.9. The first-order valence-electron chi connectivity index (χ1n) is 11.8. The van der Waals surface area contributed by atoms with Crippen LogP contribution in [-0.4, -0.2) is 43.3 Å². The number of methoxy groups -OCH3 is 1. The lowest BCUT2D eigenvalue weighted by molar-refractivity contribution is -0.149. The Morgan fingerprint density at radius 2 is 2.00 bits per heavy atom. The molecule has 4 aliphatic carbocycles. The predicted molar refractivity (Wildman–Crippen MR) is 112 cm³/mol. The minimum atomic E-state index is -0.543. The summed E-state index contributed by atoms with van der Waals surface area (Å²) in [6.07, 6.45) is 10.4. The Morgan fingerprint density at radius 1 is 1.20 bits per heavy atom. The van der Waals surface area contributed by atoms with Gasteiger partial charge in [0.1, 0.15) is 6.10 Å². The molecule has 5 aliphatic rings. The van der Waals surface area contributed by atoms with Gasteiger partial charge in [0.15, 0.2) is 11.4 Å². The number of carbonyl (C=O) groups is 2. The predicted octanol–water partition coefficient (Wildman–Crippen LogP) is 4.23. The first-order valence-corrected chi connectivity index (χ1v) is 11.8. The molecule has 0 bridgehead atoms. The highest BCUT2D eigenvalue weighted by Gasteiger charge is 2.79. The molecule has 4 fully saturated rings. The van der Waals surface area contributed by atoms with Crippen molar-refractivity contribution in [3.63, 3.8) is 0 Å². The van der Waals surface area contributed by atoms with Crippen LogP contribution in [0.1, 0.15) is 72.1 Å². The van der Waals surface area contributed by atoms with Crippen LogP contribution in [0.15, 0.2) is 11.6 Å². The first kappa shape index (κ1) is 20.7. The molecule has 0 radical (unpaired) electrons. The minimum Gasteiger partial charge on any atom is -0.462 e. The molecular weight excluding hydrogens is 380 g/mol. The van der Waals surface area contributed by atoms with Gasteiger partial charge in [0.2, 0.25) is 0 Å². The SMILES string of the molecule is COCCC(=O)[C@@]12O[C@@H]1CC1C3CC=C4CC(OC(C)=O)CC[C@]4(C)C3CC[C@@]12C. The number of fused-ring (bicyclic) bond motifs is 7. The zero-order valence-corrected chi connectivity index (χ0v) is 18.9. The fraction of sp³-hybridized carbons (Fsp3) is 0.840. The van der Waals surface area contributed by atoms with E-state index in [9.17, 15) is 9.59 Å². The van der Waals surface area contributed by atoms with Gasteiger partial charge in [0.25, 0.3) is 0 Å². The van der Waals surface area contributed by atoms with Crippen LogP contribution in [0.5, 0.6) is 0 Å². The summed E-state index contributed by atoms with van der Waals surface area (Å²) in [6, 6.07) is 0. The number of esters is 1. The summed E-state index contributed by atoms with van der Waals surface area (Å²) in [6.45, 7) is 6.79. The number of hydrogen-bond acceptors (Lipinski definition) is 5. The second-order valence-electron chi connectivity index (χ2n) is 10.9. The highest BCUT2D eigenvalue weighted by molar-refractivity contribution is 5.92. The fourth-order valence-corrected chi connectivity index (χ4v) is 8.26. The Morgan fingerprint density at radius 3 is 2.73 bits per heavy atom. The van der Waals surface area contributed by atoms with Crippen LogP contribution < -0.4 is 0 Å². The molecule has 1 aliphatic heterocycles. The van der Waals surface area contributed by atoms with E-state index >= 15 is 0 Å². The highest BCUT2D eigenvalue weighted by Crippen LogP contribution is 2.73. The van der Waals surface area contributed by atoms with Gasteiger partial charge in [0, 0.05) is 32.3 Å². The van der Waals surface area contributed by atoms with Crippen molar-refractivity contribution in [2.45, 2.75) is 89.9 Å². The van der Waals surface area contributed by atoms with Crippen molar-refractivity contribution in [3.05, 3.63) is 11.6 Å². The molecule has 1 saturated heterocycles. The normalized spacial score (nSPS) is 48.5. The number of ketones is 1. The van der Waals surface area contributed by atoms with Gasteiger partial charge in [-0.2, -0.15) is 0 Å². The molecule has 166 valence electrons. The summed E-state index contributed by atoms with van der Waals surface area (Å²) in [4.78, 5) is 24.6. The molecule has 4 unspecified atom stereocenters. The van der Waals surface area contributed by atoms with Gasteiger partial charge in [-0.3, -0.25) is 9.59 Å². The summed E-state index contributed by atoms with van der Waals surface area (Å²) in [5.41, 5.74) is 1.14. The van der Waals surface area contributed by atoms with E-state index in [1.54, 1.807) is 7.11 Å². The average molecular weight is 417 g/mol. The Bertz CT molecular complexity index is 788. The summed E-state index contributed by atoms with van der Waals surface area (Å²) in [5.74, 6) is 1.95. The Labute approximate surface area is 179 Å². The van der Waals surface area contributed by atoms with Crippen LogP contribution >= 0.6 is 0 Å². The van der Waals surface area contributed by atoms with E-state index in [4.69, 9.17) is 14.2 Å². The monoisotopic (exact) mass is 416 g/mol. The third kappa shape index (κ3) is 2.67. The largest absolute Gasteiger partial charge is 0.462 e. The number of Topliss-reactive ketones (excluding diaryl/α,β-unsaturated/α-hetero) is 1. The molecule has 0 aromatic carbocycles. The highest BCUT2D eigenvalue weighted by atomic mass is 16.6. The van der Waals surface area contributed by atoms with E-state index in [0.29, 0.717) is 30.8 Å². The summed E-state index contributed by atoms with van der Waals surface area (Å²) in [7, 11) is 1.66. The van der Waals surface area contributed by atoms with E-state index in [-0.39, 0.29) is 34.8 Å². The van der Waals surface area contributed by atoms with E-state index < -0.39 is 5.60 Å². The second-order valence-corrected chi connectivity index (χ2v) is 10.9. The molecule has 5 rings (SSSR count). The number of hydrogen-bond donors (Lipinski definition) is 0. The Hall–Kier alpha value is -1.20. The maximum atomic E-state index is 13.1. The van der Waals surface area contributed by atoms with Gasteiger partial charge in [0.05, 0.1) is 12.7 Å². The lowest BCUT2D eigenvalue weighted by Gasteiger charge is -2.58. The summed E-state index contributed by atoms with van der Waals surface area (Å²) >= 11 is 0. The molecule has 0 aromatic rings. The third-order valence-corrected chi connectivity index (χ3v) is 9.77. The van der Waals surface area contributed by atoms with E-state index in [1.807, 2.05) is 0 Å². The van der Waals surface area contributed by atoms with Crippen molar-refractivity contribution >= 4 is 11.8 Å². The number of carbonyl (C=O) groups excluding carboxylic acids is 2. The third-order valence-electron chi connectivity index (χ3n) is 9.77. The van der Waals surface area contributed by atoms with Crippen LogP contribution in [0.3, 0.4) is 0 Å². The maximum Gasteiger partial charge on any atom is 0.302 e. The van der Waals surface area contributed by atoms with Crippen molar-refractivity contribution in [3.8, 4) is 0 Å². The topological polar surface area (TPSA) is 65.1 Å². The van der Waals surface area contributed by atoms with Gasteiger partial charge in [-0.15, -0.1) is 0 Å². The molecule has 1 heterocycles. The van der Waals surface area contributed by atoms with Crippen molar-refractivity contribution in [1.29, 1.82) is 0 Å². The lowest BCUT2D eigenvalue weighted by atomic mass is 9.47. The van der Waals surface area contributed by atoms with Crippen molar-refractivity contribution in [2.75, 3.05) is 13.7 Å². The molecule has 0 N–H and O–H groups in total. The van der Waals surface area contributed by atoms with Crippen molar-refractivity contribution in [1.82, 2.24) is 0 Å². The van der Waals surface area contributed by atoms with Gasteiger partial charge in [-0.25, -0.2) is 0 Å². The average Bonchev–Trinajstić information content (AvgIpc) is 3.38. The summed E-state index contributed by atoms with van der Waals surface area (Å²) < 4.78 is 16.9. The van der Waals surface area contributed by atoms with E-state index in [0.717, 1.165) is 38.5 Å². The van der Waals surface area contributed by atoms with E-state index in [1.165, 1.54) is 18.9 Å². The minimum absolute atomic E-state index is 0.0414. The van der Waals surface area contributed by atoms with Gasteiger partial charge in [-0.05, 0) is 61.7 Å². The van der Waals surface area contributed by atoms with E-state index in [2.05, 4.69) is 19.9 Å². The molecule has 5 heteroatoms. The molecule has 3 saturated carbocycles. The van der Waals surface area contributed by atoms with Crippen LogP contribution in [-0.2, 0) is 23.8 Å². The molecule has 0 amide bonds. The molecule has 8 atom stereocenters.